The minimum atomic E-state index is 0.262. The smallest absolute Gasteiger partial charge is 0.147 e. The van der Waals surface area contributed by atoms with Crippen molar-refractivity contribution in [3.63, 3.8) is 0 Å². The van der Waals surface area contributed by atoms with Crippen molar-refractivity contribution in [3.8, 4) is 0 Å². The zero-order valence-electron chi connectivity index (χ0n) is 12.1. The van der Waals surface area contributed by atoms with Gasteiger partial charge in [0.15, 0.2) is 0 Å². The van der Waals surface area contributed by atoms with Crippen LogP contribution >= 0.6 is 0 Å². The molecule has 1 saturated heterocycles. The highest BCUT2D eigenvalue weighted by molar-refractivity contribution is 5.36. The molecule has 0 radical (unpaired) electrons. The Bertz CT molecular complexity index is 382. The summed E-state index contributed by atoms with van der Waals surface area (Å²) < 4.78 is 5.60. The van der Waals surface area contributed by atoms with E-state index >= 15 is 0 Å². The SMILES string of the molecule is CCCNCc1cnc(N(C)C2CCOC2C)cn1. The second kappa shape index (κ2) is 6.82. The van der Waals surface area contributed by atoms with E-state index in [0.717, 1.165) is 44.0 Å². The maximum Gasteiger partial charge on any atom is 0.147 e. The minimum Gasteiger partial charge on any atom is -0.376 e. The van der Waals surface area contributed by atoms with Gasteiger partial charge in [0, 0.05) is 20.2 Å². The Morgan fingerprint density at radius 1 is 1.42 bits per heavy atom. The maximum atomic E-state index is 5.60. The molecule has 2 heterocycles. The first kappa shape index (κ1) is 14.2. The van der Waals surface area contributed by atoms with Crippen LogP contribution in [-0.4, -0.2) is 42.3 Å². The van der Waals surface area contributed by atoms with Crippen LogP contribution in [0.2, 0.25) is 0 Å². The number of anilines is 1. The summed E-state index contributed by atoms with van der Waals surface area (Å²) in [7, 11) is 2.06. The topological polar surface area (TPSA) is 50.3 Å². The quantitative estimate of drug-likeness (QED) is 0.791. The first-order valence-electron chi connectivity index (χ1n) is 7.08. The third-order valence-electron chi connectivity index (χ3n) is 3.62. The average Bonchev–Trinajstić information content (AvgIpc) is 2.85. The van der Waals surface area contributed by atoms with Crippen molar-refractivity contribution in [2.75, 3.05) is 25.1 Å². The summed E-state index contributed by atoms with van der Waals surface area (Å²) in [6.45, 7) is 6.91. The van der Waals surface area contributed by atoms with Gasteiger partial charge in [-0.1, -0.05) is 6.92 Å². The van der Waals surface area contributed by atoms with Gasteiger partial charge in [-0.15, -0.1) is 0 Å². The van der Waals surface area contributed by atoms with E-state index in [0.29, 0.717) is 6.04 Å². The number of rotatable bonds is 6. The number of likely N-dealkylation sites (N-methyl/N-ethyl adjacent to an activating group) is 1. The Hall–Kier alpha value is -1.20. The van der Waals surface area contributed by atoms with Crippen LogP contribution < -0.4 is 10.2 Å². The second-order valence-corrected chi connectivity index (χ2v) is 5.09. The summed E-state index contributed by atoms with van der Waals surface area (Å²) in [5.74, 6) is 0.918. The van der Waals surface area contributed by atoms with Crippen molar-refractivity contribution in [1.82, 2.24) is 15.3 Å². The molecule has 106 valence electrons. The molecule has 0 aromatic carbocycles. The van der Waals surface area contributed by atoms with Crippen LogP contribution in [0.3, 0.4) is 0 Å². The van der Waals surface area contributed by atoms with Crippen LogP contribution in [-0.2, 0) is 11.3 Å². The summed E-state index contributed by atoms with van der Waals surface area (Å²) in [6, 6.07) is 0.401. The fourth-order valence-corrected chi connectivity index (χ4v) is 2.41. The van der Waals surface area contributed by atoms with Gasteiger partial charge < -0.3 is 15.0 Å². The summed E-state index contributed by atoms with van der Waals surface area (Å²) in [6.07, 6.45) is 6.16. The van der Waals surface area contributed by atoms with Gasteiger partial charge in [-0.05, 0) is 26.3 Å². The average molecular weight is 264 g/mol. The summed E-state index contributed by atoms with van der Waals surface area (Å²) >= 11 is 0. The lowest BCUT2D eigenvalue weighted by molar-refractivity contribution is 0.118. The van der Waals surface area contributed by atoms with Crippen LogP contribution in [0.25, 0.3) is 0 Å². The van der Waals surface area contributed by atoms with Gasteiger partial charge in [0.2, 0.25) is 0 Å². The number of hydrogen-bond donors (Lipinski definition) is 1. The molecular formula is C14H24N4O. The number of nitrogens with zero attached hydrogens (tertiary/aromatic N) is 3. The second-order valence-electron chi connectivity index (χ2n) is 5.09. The Kier molecular flexibility index (Phi) is 5.10. The fraction of sp³-hybridized carbons (Fsp3) is 0.714. The summed E-state index contributed by atoms with van der Waals surface area (Å²) in [4.78, 5) is 11.1. The predicted octanol–water partition coefficient (Wildman–Crippen LogP) is 1.59. The normalized spacial score (nSPS) is 22.7. The number of aromatic nitrogens is 2. The van der Waals surface area contributed by atoms with Crippen molar-refractivity contribution in [1.29, 1.82) is 0 Å². The van der Waals surface area contributed by atoms with Crippen LogP contribution in [0.15, 0.2) is 12.4 Å². The van der Waals surface area contributed by atoms with E-state index in [4.69, 9.17) is 4.74 Å². The molecule has 1 N–H and O–H groups in total. The Balaban J connectivity index is 1.93. The van der Waals surface area contributed by atoms with E-state index in [1.54, 1.807) is 0 Å². The zero-order chi connectivity index (χ0) is 13.7. The van der Waals surface area contributed by atoms with Gasteiger partial charge in [-0.3, -0.25) is 4.98 Å². The third-order valence-corrected chi connectivity index (χ3v) is 3.62. The lowest BCUT2D eigenvalue weighted by Gasteiger charge is -2.27. The standard InChI is InChI=1S/C14H24N4O/c1-4-6-15-8-12-9-17-14(10-16-12)18(3)13-5-7-19-11(13)2/h9-11,13,15H,4-8H2,1-3H3. The largest absolute Gasteiger partial charge is 0.376 e. The Morgan fingerprint density at radius 2 is 2.26 bits per heavy atom. The highest BCUT2D eigenvalue weighted by atomic mass is 16.5. The lowest BCUT2D eigenvalue weighted by atomic mass is 10.1. The Morgan fingerprint density at radius 3 is 2.84 bits per heavy atom. The summed E-state index contributed by atoms with van der Waals surface area (Å²) in [5.41, 5.74) is 0.987. The molecule has 0 amide bonds. The van der Waals surface area contributed by atoms with E-state index < -0.39 is 0 Å². The molecular weight excluding hydrogens is 240 g/mol. The molecule has 0 aliphatic carbocycles. The van der Waals surface area contributed by atoms with Crippen molar-refractivity contribution >= 4 is 5.82 Å². The van der Waals surface area contributed by atoms with Gasteiger partial charge in [-0.25, -0.2) is 4.98 Å². The van der Waals surface area contributed by atoms with Gasteiger partial charge in [0.25, 0.3) is 0 Å². The monoisotopic (exact) mass is 264 g/mol. The van der Waals surface area contributed by atoms with Crippen LogP contribution in [0.1, 0.15) is 32.4 Å². The molecule has 2 unspecified atom stereocenters. The fourth-order valence-electron chi connectivity index (χ4n) is 2.41. The molecule has 19 heavy (non-hydrogen) atoms. The lowest BCUT2D eigenvalue weighted by Crippen LogP contribution is -2.37. The van der Waals surface area contributed by atoms with E-state index in [1.807, 2.05) is 12.4 Å². The van der Waals surface area contributed by atoms with Crippen LogP contribution in [0.5, 0.6) is 0 Å². The van der Waals surface area contributed by atoms with Crippen molar-refractivity contribution in [3.05, 3.63) is 18.1 Å². The number of hydrogen-bond acceptors (Lipinski definition) is 5. The highest BCUT2D eigenvalue weighted by Gasteiger charge is 2.28. The first-order valence-corrected chi connectivity index (χ1v) is 7.08. The zero-order valence-corrected chi connectivity index (χ0v) is 12.1. The molecule has 1 aliphatic rings. The molecule has 0 bridgehead atoms. The van der Waals surface area contributed by atoms with Gasteiger partial charge in [0.05, 0.1) is 30.2 Å². The molecule has 1 fully saturated rings. The van der Waals surface area contributed by atoms with Gasteiger partial charge in [0.1, 0.15) is 5.82 Å². The van der Waals surface area contributed by atoms with Crippen molar-refractivity contribution < 1.29 is 4.74 Å². The van der Waals surface area contributed by atoms with E-state index in [1.165, 1.54) is 0 Å². The van der Waals surface area contributed by atoms with Gasteiger partial charge in [-0.2, -0.15) is 0 Å². The molecule has 0 saturated carbocycles. The van der Waals surface area contributed by atoms with Gasteiger partial charge >= 0.3 is 0 Å². The van der Waals surface area contributed by atoms with Crippen molar-refractivity contribution in [2.45, 2.75) is 45.4 Å². The molecule has 1 aliphatic heterocycles. The Labute approximate surface area is 115 Å². The minimum absolute atomic E-state index is 0.262. The van der Waals surface area contributed by atoms with E-state index in [-0.39, 0.29) is 6.10 Å². The molecule has 5 heteroatoms. The molecule has 1 aromatic heterocycles. The molecule has 2 rings (SSSR count). The molecule has 1 aromatic rings. The van der Waals surface area contributed by atoms with E-state index in [9.17, 15) is 0 Å². The first-order chi connectivity index (χ1) is 9.22. The molecule has 0 spiro atoms. The number of ether oxygens (including phenoxy) is 1. The van der Waals surface area contributed by atoms with Crippen LogP contribution in [0, 0.1) is 0 Å². The van der Waals surface area contributed by atoms with Crippen molar-refractivity contribution in [2.24, 2.45) is 0 Å². The molecule has 2 atom stereocenters. The number of nitrogens with one attached hydrogen (secondary N) is 1. The van der Waals surface area contributed by atoms with Crippen LogP contribution in [0.4, 0.5) is 5.82 Å². The van der Waals surface area contributed by atoms with E-state index in [2.05, 4.69) is 41.1 Å². The maximum absolute atomic E-state index is 5.60. The molecule has 5 nitrogen and oxygen atoms in total. The highest BCUT2D eigenvalue weighted by Crippen LogP contribution is 2.22. The third kappa shape index (κ3) is 3.64. The predicted molar refractivity (Wildman–Crippen MR) is 76.3 cm³/mol. The summed E-state index contributed by atoms with van der Waals surface area (Å²) in [5, 5.41) is 3.33.